The summed E-state index contributed by atoms with van der Waals surface area (Å²) >= 11 is 0. The first-order valence-electron chi connectivity index (χ1n) is 8.63. The van der Waals surface area contributed by atoms with Gasteiger partial charge in [-0.2, -0.15) is 0 Å². The number of carboxylic acid groups (broad SMARTS) is 1. The van der Waals surface area contributed by atoms with E-state index in [1.54, 1.807) is 49.8 Å². The number of ether oxygens (including phenoxy) is 1. The molecule has 3 aromatic rings. The number of aromatic carboxylic acids is 1. The Hall–Kier alpha value is -3.41. The fourth-order valence-corrected chi connectivity index (χ4v) is 3.09. The third-order valence-corrected chi connectivity index (χ3v) is 4.33. The summed E-state index contributed by atoms with van der Waals surface area (Å²) in [4.78, 5) is 31.4. The zero-order valence-corrected chi connectivity index (χ0v) is 15.2. The van der Waals surface area contributed by atoms with Crippen LogP contribution in [0.5, 0.6) is 5.75 Å². The third kappa shape index (κ3) is 3.74. The Morgan fingerprint density at radius 2 is 1.96 bits per heavy atom. The molecule has 0 spiro atoms. The number of ketones is 1. The zero-order valence-electron chi connectivity index (χ0n) is 15.2. The molecule has 0 amide bonds. The van der Waals surface area contributed by atoms with Gasteiger partial charge >= 0.3 is 5.97 Å². The lowest BCUT2D eigenvalue weighted by Gasteiger charge is -2.08. The van der Waals surface area contributed by atoms with Crippen LogP contribution >= 0.6 is 0 Å². The van der Waals surface area contributed by atoms with E-state index in [1.807, 2.05) is 6.92 Å². The minimum absolute atomic E-state index is 0.0699. The number of nitrogens with zero attached hydrogens (tertiary/aromatic N) is 1. The van der Waals surface area contributed by atoms with Crippen molar-refractivity contribution in [1.82, 2.24) is 9.97 Å². The normalized spacial score (nSPS) is 11.6. The van der Waals surface area contributed by atoms with E-state index in [2.05, 4.69) is 9.97 Å². The molecule has 0 atom stereocenters. The second kappa shape index (κ2) is 7.86. The van der Waals surface area contributed by atoms with Gasteiger partial charge in [0.25, 0.3) is 0 Å². The number of nitrogens with one attached hydrogen (secondary N) is 1. The molecule has 27 heavy (non-hydrogen) atoms. The summed E-state index contributed by atoms with van der Waals surface area (Å²) in [6, 6.07) is 8.60. The van der Waals surface area contributed by atoms with E-state index in [0.29, 0.717) is 39.8 Å². The first-order valence-corrected chi connectivity index (χ1v) is 8.63. The number of rotatable bonds is 7. The minimum atomic E-state index is -1.07. The smallest absolute Gasteiger partial charge is 0.352 e. The number of carbonyl (C=O) groups is 2. The van der Waals surface area contributed by atoms with Gasteiger partial charge in [-0.15, -0.1) is 0 Å². The topological polar surface area (TPSA) is 92.3 Å². The summed E-state index contributed by atoms with van der Waals surface area (Å²) in [5, 5.41) is 10.4. The van der Waals surface area contributed by atoms with E-state index in [9.17, 15) is 14.7 Å². The molecule has 0 bridgehead atoms. The Bertz CT molecular complexity index is 1020. The number of allylic oxidation sites excluding steroid dienone is 2. The average molecular weight is 364 g/mol. The largest absolute Gasteiger partial charge is 0.497 e. The van der Waals surface area contributed by atoms with E-state index >= 15 is 0 Å². The van der Waals surface area contributed by atoms with Gasteiger partial charge in [0.05, 0.1) is 7.11 Å². The van der Waals surface area contributed by atoms with Crippen molar-refractivity contribution in [2.45, 2.75) is 19.8 Å². The van der Waals surface area contributed by atoms with Gasteiger partial charge in [0.15, 0.2) is 5.78 Å². The van der Waals surface area contributed by atoms with Gasteiger partial charge in [0.1, 0.15) is 11.4 Å². The number of benzene rings is 1. The second-order valence-electron chi connectivity index (χ2n) is 6.11. The Morgan fingerprint density at radius 1 is 1.22 bits per heavy atom. The number of methoxy groups -OCH3 is 1. The van der Waals surface area contributed by atoms with Crippen LogP contribution in [0.3, 0.4) is 0 Å². The van der Waals surface area contributed by atoms with Crippen molar-refractivity contribution < 1.29 is 19.4 Å². The Morgan fingerprint density at radius 3 is 2.59 bits per heavy atom. The van der Waals surface area contributed by atoms with Gasteiger partial charge in [-0.3, -0.25) is 9.78 Å². The highest BCUT2D eigenvalue weighted by Crippen LogP contribution is 2.34. The number of hydrogen-bond donors (Lipinski definition) is 2. The highest BCUT2D eigenvalue weighted by molar-refractivity contribution is 6.12. The number of aromatic nitrogens is 2. The standard InChI is InChI=1S/C21H20N2O4/c1-3-4-14(11-18(24)13-7-9-22-10-8-13)19-16-12-15(27-2)5-6-17(16)23-20(19)21(25)26/h5-12,23H,3-4H2,1-2H3,(H,25,26)/b14-11+. The summed E-state index contributed by atoms with van der Waals surface area (Å²) in [6.07, 6.45) is 5.97. The molecule has 2 heterocycles. The van der Waals surface area contributed by atoms with E-state index in [0.717, 1.165) is 6.42 Å². The lowest BCUT2D eigenvalue weighted by atomic mass is 9.95. The number of aromatic amines is 1. The van der Waals surface area contributed by atoms with Crippen LogP contribution in [0.2, 0.25) is 0 Å². The van der Waals surface area contributed by atoms with Gasteiger partial charge in [-0.1, -0.05) is 13.3 Å². The quantitative estimate of drug-likeness (QED) is 0.481. The van der Waals surface area contributed by atoms with Crippen LogP contribution in [0.15, 0.2) is 48.8 Å². The van der Waals surface area contributed by atoms with Crippen LogP contribution in [0, 0.1) is 0 Å². The number of fused-ring (bicyclic) bond motifs is 1. The highest BCUT2D eigenvalue weighted by Gasteiger charge is 2.21. The fraction of sp³-hybridized carbons (Fsp3) is 0.190. The monoisotopic (exact) mass is 364 g/mol. The van der Waals surface area contributed by atoms with Gasteiger partial charge in [-0.05, 0) is 48.4 Å². The molecule has 6 nitrogen and oxygen atoms in total. The van der Waals surface area contributed by atoms with Crippen molar-refractivity contribution in [3.05, 3.63) is 65.6 Å². The lowest BCUT2D eigenvalue weighted by Crippen LogP contribution is -2.03. The molecule has 0 saturated heterocycles. The maximum atomic E-state index is 12.7. The summed E-state index contributed by atoms with van der Waals surface area (Å²) in [6.45, 7) is 1.99. The Balaban J connectivity index is 2.21. The van der Waals surface area contributed by atoms with Crippen molar-refractivity contribution >= 4 is 28.2 Å². The predicted octanol–water partition coefficient (Wildman–Crippen LogP) is 4.34. The third-order valence-electron chi connectivity index (χ3n) is 4.33. The molecule has 2 aromatic heterocycles. The molecule has 0 aliphatic heterocycles. The molecule has 0 saturated carbocycles. The minimum Gasteiger partial charge on any atom is -0.497 e. The number of hydrogen-bond acceptors (Lipinski definition) is 4. The fourth-order valence-electron chi connectivity index (χ4n) is 3.09. The Labute approximate surface area is 156 Å². The van der Waals surface area contributed by atoms with Crippen molar-refractivity contribution in [1.29, 1.82) is 0 Å². The molecule has 0 aliphatic carbocycles. The van der Waals surface area contributed by atoms with Crippen molar-refractivity contribution in [2.24, 2.45) is 0 Å². The number of carbonyl (C=O) groups excluding carboxylic acids is 1. The van der Waals surface area contributed by atoms with Crippen LogP contribution in [-0.4, -0.2) is 33.9 Å². The lowest BCUT2D eigenvalue weighted by molar-refractivity contribution is 0.0691. The van der Waals surface area contributed by atoms with E-state index < -0.39 is 5.97 Å². The molecular formula is C21H20N2O4. The van der Waals surface area contributed by atoms with Crippen LogP contribution in [0.1, 0.15) is 46.2 Å². The summed E-state index contributed by atoms with van der Waals surface area (Å²) in [5.41, 5.74) is 2.46. The molecule has 0 aliphatic rings. The number of H-pyrrole nitrogens is 1. The van der Waals surface area contributed by atoms with Gasteiger partial charge in [0, 0.05) is 34.4 Å². The van der Waals surface area contributed by atoms with Crippen LogP contribution in [0.4, 0.5) is 0 Å². The molecular weight excluding hydrogens is 344 g/mol. The van der Waals surface area contributed by atoms with Crippen molar-refractivity contribution in [2.75, 3.05) is 7.11 Å². The van der Waals surface area contributed by atoms with E-state index in [1.165, 1.54) is 6.08 Å². The zero-order chi connectivity index (χ0) is 19.4. The van der Waals surface area contributed by atoms with Gasteiger partial charge in [0.2, 0.25) is 0 Å². The maximum absolute atomic E-state index is 12.7. The molecule has 0 radical (unpaired) electrons. The molecule has 6 heteroatoms. The average Bonchev–Trinajstić information content (AvgIpc) is 3.07. The first kappa shape index (κ1) is 18.4. The SMILES string of the molecule is CCC/C(=C\C(=O)c1ccncc1)c1c(C(=O)O)[nH]c2ccc(OC)cc12. The van der Waals surface area contributed by atoms with Crippen LogP contribution in [-0.2, 0) is 0 Å². The van der Waals surface area contributed by atoms with Gasteiger partial charge < -0.3 is 14.8 Å². The second-order valence-corrected chi connectivity index (χ2v) is 6.11. The van der Waals surface area contributed by atoms with E-state index in [4.69, 9.17) is 4.74 Å². The molecule has 2 N–H and O–H groups in total. The number of pyridine rings is 1. The van der Waals surface area contributed by atoms with Crippen LogP contribution in [0.25, 0.3) is 16.5 Å². The van der Waals surface area contributed by atoms with Crippen molar-refractivity contribution in [3.63, 3.8) is 0 Å². The van der Waals surface area contributed by atoms with Gasteiger partial charge in [-0.25, -0.2) is 4.79 Å². The van der Waals surface area contributed by atoms with E-state index in [-0.39, 0.29) is 11.5 Å². The van der Waals surface area contributed by atoms with Crippen LogP contribution < -0.4 is 4.74 Å². The van der Waals surface area contributed by atoms with Crippen molar-refractivity contribution in [3.8, 4) is 5.75 Å². The predicted molar refractivity (Wildman–Crippen MR) is 103 cm³/mol. The number of carboxylic acids is 1. The first-order chi connectivity index (χ1) is 13.0. The Kier molecular flexibility index (Phi) is 5.35. The molecule has 138 valence electrons. The highest BCUT2D eigenvalue weighted by atomic mass is 16.5. The molecule has 0 fully saturated rings. The maximum Gasteiger partial charge on any atom is 0.352 e. The summed E-state index contributed by atoms with van der Waals surface area (Å²) in [5.74, 6) is -0.635. The molecule has 0 unspecified atom stereocenters. The summed E-state index contributed by atoms with van der Waals surface area (Å²) < 4.78 is 5.28. The molecule has 3 rings (SSSR count). The molecule has 1 aromatic carbocycles. The summed E-state index contributed by atoms with van der Waals surface area (Å²) in [7, 11) is 1.56.